The van der Waals surface area contributed by atoms with E-state index in [1.54, 1.807) is 30.3 Å². The minimum Gasteiger partial charge on any atom is -0.481 e. The molecule has 2 aromatic carbocycles. The van der Waals surface area contributed by atoms with Crippen molar-refractivity contribution in [2.24, 2.45) is 0 Å². The molecule has 3 aromatic rings. The molecule has 0 spiro atoms. The molecule has 7 nitrogen and oxygen atoms in total. The second-order valence-corrected chi connectivity index (χ2v) is 5.98. The fourth-order valence-electron chi connectivity index (χ4n) is 2.67. The molecule has 0 fully saturated rings. The largest absolute Gasteiger partial charge is 0.481 e. The molecule has 3 rings (SSSR count). The molecule has 0 bridgehead atoms. The average Bonchev–Trinajstić information content (AvgIpc) is 3.05. The number of H-pyrrole nitrogens is 1. The van der Waals surface area contributed by atoms with Crippen LogP contribution >= 0.6 is 0 Å². The second kappa shape index (κ2) is 7.87. The molecule has 9 heteroatoms. The number of amides is 1. The van der Waals surface area contributed by atoms with Crippen LogP contribution in [0, 0.1) is 11.6 Å². The number of nitrogens with zero attached hydrogens (tertiary/aromatic N) is 1. The SMILES string of the molecule is O=C(O)CC(NC(=O)c1cc(=O)n(-c2ccccc2)[nH]1)c1ccc(F)c(F)c1. The highest BCUT2D eigenvalue weighted by molar-refractivity contribution is 5.92. The van der Waals surface area contributed by atoms with Crippen LogP contribution < -0.4 is 10.9 Å². The lowest BCUT2D eigenvalue weighted by Gasteiger charge is -2.17. The lowest BCUT2D eigenvalue weighted by atomic mass is 10.0. The van der Waals surface area contributed by atoms with Gasteiger partial charge in [-0.15, -0.1) is 0 Å². The molecule has 1 unspecified atom stereocenters. The average molecular weight is 387 g/mol. The summed E-state index contributed by atoms with van der Waals surface area (Å²) in [4.78, 5) is 35.7. The van der Waals surface area contributed by atoms with Gasteiger partial charge in [0.25, 0.3) is 11.5 Å². The van der Waals surface area contributed by atoms with Crippen molar-refractivity contribution in [3.8, 4) is 5.69 Å². The Morgan fingerprint density at radius 3 is 2.43 bits per heavy atom. The van der Waals surface area contributed by atoms with E-state index in [0.717, 1.165) is 22.9 Å². The molecule has 28 heavy (non-hydrogen) atoms. The maximum Gasteiger partial charge on any atom is 0.305 e. The van der Waals surface area contributed by atoms with E-state index in [-0.39, 0.29) is 11.3 Å². The van der Waals surface area contributed by atoms with Crippen LogP contribution in [0.2, 0.25) is 0 Å². The Labute approximate surface area is 157 Å². The Hall–Kier alpha value is -3.75. The van der Waals surface area contributed by atoms with Gasteiger partial charge in [-0.25, -0.2) is 13.5 Å². The fourth-order valence-corrected chi connectivity index (χ4v) is 2.67. The second-order valence-electron chi connectivity index (χ2n) is 5.98. The molecule has 0 radical (unpaired) electrons. The molecule has 0 aliphatic carbocycles. The number of carbonyl (C=O) groups is 2. The zero-order chi connectivity index (χ0) is 20.3. The quantitative estimate of drug-likeness (QED) is 0.604. The number of para-hydroxylation sites is 1. The van der Waals surface area contributed by atoms with Crippen molar-refractivity contribution in [1.29, 1.82) is 0 Å². The highest BCUT2D eigenvalue weighted by Gasteiger charge is 2.22. The van der Waals surface area contributed by atoms with Crippen LogP contribution in [-0.2, 0) is 4.79 Å². The van der Waals surface area contributed by atoms with Crippen LogP contribution in [0.15, 0.2) is 59.4 Å². The van der Waals surface area contributed by atoms with Gasteiger partial charge in [0.15, 0.2) is 11.6 Å². The van der Waals surface area contributed by atoms with E-state index in [9.17, 15) is 23.2 Å². The first-order chi connectivity index (χ1) is 13.3. The number of benzene rings is 2. The number of rotatable bonds is 6. The van der Waals surface area contributed by atoms with Crippen LogP contribution in [0.5, 0.6) is 0 Å². The van der Waals surface area contributed by atoms with Gasteiger partial charge in [0.1, 0.15) is 5.69 Å². The van der Waals surface area contributed by atoms with Crippen LogP contribution in [0.3, 0.4) is 0 Å². The van der Waals surface area contributed by atoms with Crippen molar-refractivity contribution in [2.45, 2.75) is 12.5 Å². The highest BCUT2D eigenvalue weighted by Crippen LogP contribution is 2.20. The maximum atomic E-state index is 13.5. The van der Waals surface area contributed by atoms with Crippen molar-refractivity contribution in [3.63, 3.8) is 0 Å². The van der Waals surface area contributed by atoms with Crippen molar-refractivity contribution in [2.75, 3.05) is 0 Å². The van der Waals surface area contributed by atoms with Crippen LogP contribution in [0.25, 0.3) is 5.69 Å². The number of carboxylic acids is 1. The van der Waals surface area contributed by atoms with Gasteiger partial charge in [-0.05, 0) is 29.8 Å². The summed E-state index contributed by atoms with van der Waals surface area (Å²) in [5, 5.41) is 14.1. The smallest absolute Gasteiger partial charge is 0.305 e. The van der Waals surface area contributed by atoms with E-state index in [0.29, 0.717) is 5.69 Å². The summed E-state index contributed by atoms with van der Waals surface area (Å²) in [6, 6.07) is 11.3. The molecule has 0 saturated carbocycles. The van der Waals surface area contributed by atoms with Gasteiger partial charge >= 0.3 is 5.97 Å². The molecular formula is C19H15F2N3O4. The lowest BCUT2D eigenvalue weighted by molar-refractivity contribution is -0.137. The predicted molar refractivity (Wildman–Crippen MR) is 95.2 cm³/mol. The topological polar surface area (TPSA) is 104 Å². The summed E-state index contributed by atoms with van der Waals surface area (Å²) in [6.45, 7) is 0. The third kappa shape index (κ3) is 4.14. The van der Waals surface area contributed by atoms with Crippen LogP contribution in [-0.4, -0.2) is 26.8 Å². The minimum absolute atomic E-state index is 0.0829. The van der Waals surface area contributed by atoms with E-state index in [1.807, 2.05) is 0 Å². The van der Waals surface area contributed by atoms with Crippen LogP contribution in [0.1, 0.15) is 28.5 Å². The summed E-state index contributed by atoms with van der Waals surface area (Å²) >= 11 is 0. The zero-order valence-electron chi connectivity index (χ0n) is 14.4. The standard InChI is InChI=1S/C19H15F2N3O4/c20-13-7-6-11(8-14(13)21)15(10-18(26)27)22-19(28)16-9-17(25)24(23-16)12-4-2-1-3-5-12/h1-9,15,23H,10H2,(H,22,28)(H,26,27). The maximum absolute atomic E-state index is 13.5. The van der Waals surface area contributed by atoms with Crippen LogP contribution in [0.4, 0.5) is 8.78 Å². The summed E-state index contributed by atoms with van der Waals surface area (Å²) in [6.07, 6.45) is -0.555. The number of nitrogens with one attached hydrogen (secondary N) is 2. The van der Waals surface area contributed by atoms with E-state index in [1.165, 1.54) is 6.07 Å². The van der Waals surface area contributed by atoms with Crippen molar-refractivity contribution in [3.05, 3.63) is 87.8 Å². The Morgan fingerprint density at radius 1 is 1.07 bits per heavy atom. The molecule has 0 aliphatic heterocycles. The molecule has 1 aromatic heterocycles. The van der Waals surface area contributed by atoms with Gasteiger partial charge < -0.3 is 10.4 Å². The Bertz CT molecular complexity index is 1080. The first kappa shape index (κ1) is 19.0. The number of carboxylic acid groups (broad SMARTS) is 1. The number of carbonyl (C=O) groups excluding carboxylic acids is 1. The molecule has 3 N–H and O–H groups in total. The highest BCUT2D eigenvalue weighted by atomic mass is 19.2. The molecule has 1 atom stereocenters. The molecule has 0 aliphatic rings. The van der Waals surface area contributed by atoms with Gasteiger partial charge in [-0.1, -0.05) is 24.3 Å². The van der Waals surface area contributed by atoms with Gasteiger partial charge in [0, 0.05) is 6.07 Å². The zero-order valence-corrected chi connectivity index (χ0v) is 14.4. The molecule has 1 heterocycles. The third-order valence-corrected chi connectivity index (χ3v) is 4.01. The lowest BCUT2D eigenvalue weighted by Crippen LogP contribution is -2.30. The molecule has 0 saturated heterocycles. The van der Waals surface area contributed by atoms with Gasteiger partial charge in [0.2, 0.25) is 0 Å². The summed E-state index contributed by atoms with van der Waals surface area (Å²) in [5.74, 6) is -4.26. The Morgan fingerprint density at radius 2 is 1.79 bits per heavy atom. The number of halogens is 2. The van der Waals surface area contributed by atoms with Gasteiger partial charge in [-0.3, -0.25) is 19.5 Å². The summed E-state index contributed by atoms with van der Waals surface area (Å²) in [7, 11) is 0. The van der Waals surface area contributed by atoms with Crippen molar-refractivity contribution >= 4 is 11.9 Å². The number of hydrogen-bond donors (Lipinski definition) is 3. The van der Waals surface area contributed by atoms with E-state index >= 15 is 0 Å². The first-order valence-corrected chi connectivity index (χ1v) is 8.20. The number of aliphatic carboxylic acids is 1. The number of hydrogen-bond acceptors (Lipinski definition) is 3. The summed E-state index contributed by atoms with van der Waals surface area (Å²) in [5.41, 5.74) is -0.000447. The van der Waals surface area contributed by atoms with E-state index in [2.05, 4.69) is 10.4 Å². The fraction of sp³-hybridized carbons (Fsp3) is 0.105. The van der Waals surface area contributed by atoms with E-state index < -0.39 is 41.5 Å². The molecular weight excluding hydrogens is 372 g/mol. The minimum atomic E-state index is -1.25. The number of aromatic nitrogens is 2. The normalized spacial score (nSPS) is 11.8. The van der Waals surface area contributed by atoms with Gasteiger partial charge in [0.05, 0.1) is 18.2 Å². The van der Waals surface area contributed by atoms with Crippen molar-refractivity contribution < 1.29 is 23.5 Å². The summed E-state index contributed by atoms with van der Waals surface area (Å²) < 4.78 is 27.8. The monoisotopic (exact) mass is 387 g/mol. The molecule has 1 amide bonds. The molecule has 144 valence electrons. The Kier molecular flexibility index (Phi) is 5.35. The Balaban J connectivity index is 1.87. The van der Waals surface area contributed by atoms with Gasteiger partial charge in [-0.2, -0.15) is 0 Å². The predicted octanol–water partition coefficient (Wildman–Crippen LogP) is 2.39. The van der Waals surface area contributed by atoms with E-state index in [4.69, 9.17) is 5.11 Å². The third-order valence-electron chi connectivity index (χ3n) is 4.01. The first-order valence-electron chi connectivity index (χ1n) is 8.20. The van der Waals surface area contributed by atoms with Crippen molar-refractivity contribution in [1.82, 2.24) is 15.1 Å². The number of aromatic amines is 1.